The molecule has 0 saturated carbocycles. The lowest BCUT2D eigenvalue weighted by Gasteiger charge is -2.28. The van der Waals surface area contributed by atoms with E-state index in [2.05, 4.69) is 50.0 Å². The van der Waals surface area contributed by atoms with Gasteiger partial charge >= 0.3 is 0 Å². The van der Waals surface area contributed by atoms with E-state index in [1.807, 2.05) is 0 Å². The average molecular weight is 269 g/mol. The molecular formula is C14H27N3S. The van der Waals surface area contributed by atoms with Crippen molar-refractivity contribution in [2.24, 2.45) is 17.1 Å². The van der Waals surface area contributed by atoms with E-state index in [1.165, 1.54) is 12.1 Å². The molecule has 1 rings (SSSR count). The molecule has 1 aromatic rings. The number of hydrogen-bond donors (Lipinski definition) is 1. The fourth-order valence-electron chi connectivity index (χ4n) is 2.35. The molecule has 2 N–H and O–H groups in total. The summed E-state index contributed by atoms with van der Waals surface area (Å²) in [6.45, 7) is 11.6. The van der Waals surface area contributed by atoms with Crippen LogP contribution in [0.15, 0.2) is 5.38 Å². The van der Waals surface area contributed by atoms with Crippen LogP contribution in [0.4, 0.5) is 0 Å². The Hall–Kier alpha value is -0.450. The van der Waals surface area contributed by atoms with Gasteiger partial charge in [-0.1, -0.05) is 20.8 Å². The molecule has 0 bridgehead atoms. The highest BCUT2D eigenvalue weighted by Crippen LogP contribution is 2.24. The van der Waals surface area contributed by atoms with Crippen LogP contribution in [0.1, 0.15) is 37.9 Å². The molecule has 1 heterocycles. The van der Waals surface area contributed by atoms with E-state index < -0.39 is 0 Å². The first-order valence-electron chi connectivity index (χ1n) is 6.60. The monoisotopic (exact) mass is 269 g/mol. The van der Waals surface area contributed by atoms with Gasteiger partial charge in [0.15, 0.2) is 0 Å². The number of aryl methyl sites for hydroxylation is 1. The van der Waals surface area contributed by atoms with Crippen LogP contribution in [-0.2, 0) is 6.54 Å². The van der Waals surface area contributed by atoms with Crippen molar-refractivity contribution >= 4 is 11.3 Å². The van der Waals surface area contributed by atoms with Crippen LogP contribution in [0.3, 0.4) is 0 Å². The van der Waals surface area contributed by atoms with Crippen molar-refractivity contribution in [1.82, 2.24) is 9.88 Å². The van der Waals surface area contributed by atoms with Crippen LogP contribution in [-0.4, -0.2) is 30.0 Å². The van der Waals surface area contributed by atoms with E-state index in [9.17, 15) is 0 Å². The summed E-state index contributed by atoms with van der Waals surface area (Å²) in [7, 11) is 2.15. The number of nitrogens with zero attached hydrogens (tertiary/aromatic N) is 2. The summed E-state index contributed by atoms with van der Waals surface area (Å²) in [5, 5.41) is 3.29. The normalized spacial score (nSPS) is 14.2. The number of hydrogen-bond acceptors (Lipinski definition) is 4. The van der Waals surface area contributed by atoms with Gasteiger partial charge in [0.1, 0.15) is 0 Å². The Labute approximate surface area is 115 Å². The molecule has 0 amide bonds. The highest BCUT2D eigenvalue weighted by atomic mass is 32.1. The molecule has 0 aliphatic carbocycles. The minimum Gasteiger partial charge on any atom is -0.330 e. The lowest BCUT2D eigenvalue weighted by Crippen LogP contribution is -2.32. The molecule has 1 unspecified atom stereocenters. The van der Waals surface area contributed by atoms with Crippen LogP contribution >= 0.6 is 11.3 Å². The molecule has 0 radical (unpaired) electrons. The summed E-state index contributed by atoms with van der Waals surface area (Å²) < 4.78 is 0. The Bertz CT molecular complexity index is 354. The number of aromatic nitrogens is 1. The minimum absolute atomic E-state index is 0.349. The van der Waals surface area contributed by atoms with Crippen LogP contribution in [0.2, 0.25) is 0 Å². The van der Waals surface area contributed by atoms with Crippen molar-refractivity contribution in [3.05, 3.63) is 16.1 Å². The van der Waals surface area contributed by atoms with Gasteiger partial charge in [0.2, 0.25) is 0 Å². The van der Waals surface area contributed by atoms with Crippen molar-refractivity contribution in [3.63, 3.8) is 0 Å². The van der Waals surface area contributed by atoms with Gasteiger partial charge in [-0.2, -0.15) is 0 Å². The second-order valence-electron chi connectivity index (χ2n) is 6.42. The largest absolute Gasteiger partial charge is 0.330 e. The number of nitrogens with two attached hydrogens (primary N) is 1. The molecule has 1 atom stereocenters. The first kappa shape index (κ1) is 15.6. The number of thiazole rings is 1. The quantitative estimate of drug-likeness (QED) is 0.863. The molecule has 0 aliphatic heterocycles. The van der Waals surface area contributed by atoms with E-state index >= 15 is 0 Å². The molecule has 1 aromatic heterocycles. The maximum atomic E-state index is 5.89. The van der Waals surface area contributed by atoms with Crippen LogP contribution in [0.5, 0.6) is 0 Å². The van der Waals surface area contributed by atoms with Gasteiger partial charge in [0, 0.05) is 18.5 Å². The lowest BCUT2D eigenvalue weighted by atomic mass is 9.84. The second kappa shape index (κ2) is 6.64. The van der Waals surface area contributed by atoms with Crippen LogP contribution in [0, 0.1) is 18.3 Å². The standard InChI is InChI=1S/C14H27N3S/c1-11-16-13(10-18-11)9-17(5)8-12(7-15)6-14(2,3)4/h10,12H,6-9,15H2,1-5H3. The summed E-state index contributed by atoms with van der Waals surface area (Å²) in [4.78, 5) is 6.84. The van der Waals surface area contributed by atoms with E-state index in [1.54, 1.807) is 11.3 Å². The van der Waals surface area contributed by atoms with Crippen molar-refractivity contribution < 1.29 is 0 Å². The van der Waals surface area contributed by atoms with Gasteiger partial charge in [-0.3, -0.25) is 0 Å². The third-order valence-corrected chi connectivity index (χ3v) is 3.73. The van der Waals surface area contributed by atoms with E-state index in [0.717, 1.165) is 24.6 Å². The van der Waals surface area contributed by atoms with E-state index in [0.29, 0.717) is 11.3 Å². The van der Waals surface area contributed by atoms with Gasteiger partial charge in [-0.25, -0.2) is 4.98 Å². The minimum atomic E-state index is 0.349. The summed E-state index contributed by atoms with van der Waals surface area (Å²) in [6.07, 6.45) is 1.17. The Balaban J connectivity index is 2.44. The van der Waals surface area contributed by atoms with Gasteiger partial charge in [0.05, 0.1) is 10.7 Å². The fraction of sp³-hybridized carbons (Fsp3) is 0.786. The Morgan fingerprint density at radius 2 is 2.11 bits per heavy atom. The maximum Gasteiger partial charge on any atom is 0.0897 e. The third-order valence-electron chi connectivity index (χ3n) is 2.90. The summed E-state index contributed by atoms with van der Waals surface area (Å²) in [5.41, 5.74) is 7.41. The lowest BCUT2D eigenvalue weighted by molar-refractivity contribution is 0.215. The molecule has 3 nitrogen and oxygen atoms in total. The molecule has 0 fully saturated rings. The van der Waals surface area contributed by atoms with Crippen molar-refractivity contribution in [2.75, 3.05) is 20.1 Å². The zero-order chi connectivity index (χ0) is 13.8. The summed E-state index contributed by atoms with van der Waals surface area (Å²) in [6, 6.07) is 0. The molecule has 4 heteroatoms. The van der Waals surface area contributed by atoms with Gasteiger partial charge in [-0.15, -0.1) is 11.3 Å². The summed E-state index contributed by atoms with van der Waals surface area (Å²) in [5.74, 6) is 0.565. The molecule has 0 spiro atoms. The van der Waals surface area contributed by atoms with Crippen LogP contribution < -0.4 is 5.73 Å². The van der Waals surface area contributed by atoms with Gasteiger partial charge < -0.3 is 10.6 Å². The molecule has 0 aliphatic rings. The highest BCUT2D eigenvalue weighted by Gasteiger charge is 2.19. The third kappa shape index (κ3) is 5.94. The zero-order valence-corrected chi connectivity index (χ0v) is 13.2. The maximum absolute atomic E-state index is 5.89. The Kier molecular flexibility index (Phi) is 5.76. The van der Waals surface area contributed by atoms with Crippen molar-refractivity contribution in [1.29, 1.82) is 0 Å². The Morgan fingerprint density at radius 3 is 2.56 bits per heavy atom. The van der Waals surface area contributed by atoms with E-state index in [-0.39, 0.29) is 0 Å². The Morgan fingerprint density at radius 1 is 1.44 bits per heavy atom. The summed E-state index contributed by atoms with van der Waals surface area (Å²) >= 11 is 1.72. The molecule has 0 aromatic carbocycles. The first-order chi connectivity index (χ1) is 8.30. The molecule has 18 heavy (non-hydrogen) atoms. The zero-order valence-electron chi connectivity index (χ0n) is 12.4. The molecular weight excluding hydrogens is 242 g/mol. The average Bonchev–Trinajstić information content (AvgIpc) is 2.60. The van der Waals surface area contributed by atoms with Crippen LogP contribution in [0.25, 0.3) is 0 Å². The molecule has 104 valence electrons. The predicted molar refractivity (Wildman–Crippen MR) is 79.8 cm³/mol. The number of rotatable bonds is 6. The van der Waals surface area contributed by atoms with Crippen molar-refractivity contribution in [2.45, 2.75) is 40.7 Å². The first-order valence-corrected chi connectivity index (χ1v) is 7.48. The van der Waals surface area contributed by atoms with Crippen molar-refractivity contribution in [3.8, 4) is 0 Å². The van der Waals surface area contributed by atoms with Gasteiger partial charge in [-0.05, 0) is 38.3 Å². The highest BCUT2D eigenvalue weighted by molar-refractivity contribution is 7.09. The van der Waals surface area contributed by atoms with E-state index in [4.69, 9.17) is 5.73 Å². The SMILES string of the molecule is Cc1nc(CN(C)CC(CN)CC(C)(C)C)cs1. The molecule has 0 saturated heterocycles. The van der Waals surface area contributed by atoms with Gasteiger partial charge in [0.25, 0.3) is 0 Å². The predicted octanol–water partition coefficient (Wildman–Crippen LogP) is 2.89. The fourth-order valence-corrected chi connectivity index (χ4v) is 2.95. The second-order valence-corrected chi connectivity index (χ2v) is 7.48. The smallest absolute Gasteiger partial charge is 0.0897 e. The topological polar surface area (TPSA) is 42.2 Å².